The zero-order valence-electron chi connectivity index (χ0n) is 18.7. The number of hydrogen-bond acceptors (Lipinski definition) is 4. The fourth-order valence-corrected chi connectivity index (χ4v) is 4.16. The molecule has 0 radical (unpaired) electrons. The van der Waals surface area contributed by atoms with Crippen molar-refractivity contribution in [2.75, 3.05) is 49.6 Å². The van der Waals surface area contributed by atoms with E-state index >= 15 is 0 Å². The number of halogens is 3. The second kappa shape index (κ2) is 10.3. The van der Waals surface area contributed by atoms with Crippen molar-refractivity contribution in [2.45, 2.75) is 25.6 Å². The molecule has 2 N–H and O–H groups in total. The first-order valence-corrected chi connectivity index (χ1v) is 11.3. The molecule has 0 aromatic heterocycles. The van der Waals surface area contributed by atoms with E-state index in [4.69, 9.17) is 4.74 Å². The van der Waals surface area contributed by atoms with Gasteiger partial charge in [-0.25, -0.2) is 4.79 Å². The van der Waals surface area contributed by atoms with Crippen molar-refractivity contribution in [3.63, 3.8) is 0 Å². The van der Waals surface area contributed by atoms with Gasteiger partial charge in [-0.05, 0) is 48.7 Å². The molecule has 182 valence electrons. The van der Waals surface area contributed by atoms with Crippen LogP contribution in [0, 0.1) is 0 Å². The third-order valence-corrected chi connectivity index (χ3v) is 5.94. The highest BCUT2D eigenvalue weighted by atomic mass is 19.4. The minimum Gasteiger partial charge on any atom is -0.378 e. The Morgan fingerprint density at radius 3 is 2.41 bits per heavy atom. The lowest BCUT2D eigenvalue weighted by Crippen LogP contribution is -2.37. The average molecular weight is 476 g/mol. The van der Waals surface area contributed by atoms with Crippen LogP contribution < -0.4 is 15.5 Å². The average Bonchev–Trinajstić information content (AvgIpc) is 3.37. The normalized spacial score (nSPS) is 16.4. The Hall–Kier alpha value is -3.27. The van der Waals surface area contributed by atoms with Crippen molar-refractivity contribution >= 4 is 23.3 Å². The lowest BCUT2D eigenvalue weighted by Gasteiger charge is -2.31. The van der Waals surface area contributed by atoms with Crippen molar-refractivity contribution in [2.24, 2.45) is 0 Å². The van der Waals surface area contributed by atoms with Crippen LogP contribution in [0.1, 0.15) is 34.3 Å². The highest BCUT2D eigenvalue weighted by Gasteiger charge is 2.32. The molecule has 2 saturated heterocycles. The molecular formula is C24H27F3N4O3. The number of ether oxygens (including phenoxy) is 1. The molecule has 0 bridgehead atoms. The SMILES string of the molecule is O=C(NCc1cccc(C(=O)N2CCCC2)c1)Nc1cc(C(F)(F)F)ccc1N1CCOCC1. The Morgan fingerprint density at radius 2 is 1.71 bits per heavy atom. The van der Waals surface area contributed by atoms with Crippen molar-refractivity contribution in [3.8, 4) is 0 Å². The van der Waals surface area contributed by atoms with Crippen molar-refractivity contribution in [1.29, 1.82) is 0 Å². The molecule has 0 unspecified atom stereocenters. The van der Waals surface area contributed by atoms with Gasteiger partial charge in [-0.1, -0.05) is 12.1 Å². The topological polar surface area (TPSA) is 73.9 Å². The number of nitrogens with one attached hydrogen (secondary N) is 2. The summed E-state index contributed by atoms with van der Waals surface area (Å²) in [6, 6.07) is 9.69. The summed E-state index contributed by atoms with van der Waals surface area (Å²) in [6.07, 6.45) is -2.54. The van der Waals surface area contributed by atoms with Gasteiger partial charge in [-0.3, -0.25) is 4.79 Å². The number of amides is 3. The van der Waals surface area contributed by atoms with Gasteiger partial charge in [0.25, 0.3) is 5.91 Å². The number of urea groups is 1. The molecule has 34 heavy (non-hydrogen) atoms. The van der Waals surface area contributed by atoms with Crippen LogP contribution in [0.5, 0.6) is 0 Å². The monoisotopic (exact) mass is 476 g/mol. The Bertz CT molecular complexity index is 1030. The molecule has 2 aliphatic heterocycles. The van der Waals surface area contributed by atoms with Gasteiger partial charge in [0.2, 0.25) is 0 Å². The molecule has 0 spiro atoms. The van der Waals surface area contributed by atoms with Crippen LogP contribution in [-0.4, -0.2) is 56.2 Å². The summed E-state index contributed by atoms with van der Waals surface area (Å²) < 4.78 is 45.1. The van der Waals surface area contributed by atoms with Crippen LogP contribution >= 0.6 is 0 Å². The van der Waals surface area contributed by atoms with Gasteiger partial charge < -0.3 is 25.2 Å². The maximum atomic E-state index is 13.3. The van der Waals surface area contributed by atoms with Crippen LogP contribution in [0.25, 0.3) is 0 Å². The summed E-state index contributed by atoms with van der Waals surface area (Å²) in [6.45, 7) is 3.55. The fourth-order valence-electron chi connectivity index (χ4n) is 4.16. The third-order valence-electron chi connectivity index (χ3n) is 5.94. The molecule has 4 rings (SSSR count). The molecular weight excluding hydrogens is 449 g/mol. The smallest absolute Gasteiger partial charge is 0.378 e. The first kappa shape index (κ1) is 23.9. The van der Waals surface area contributed by atoms with Gasteiger partial charge in [0.15, 0.2) is 0 Å². The van der Waals surface area contributed by atoms with Gasteiger partial charge in [0.05, 0.1) is 30.2 Å². The summed E-state index contributed by atoms with van der Waals surface area (Å²) in [4.78, 5) is 28.9. The van der Waals surface area contributed by atoms with E-state index in [0.717, 1.165) is 43.6 Å². The lowest BCUT2D eigenvalue weighted by molar-refractivity contribution is -0.137. The van der Waals surface area contributed by atoms with Crippen molar-refractivity contribution < 1.29 is 27.5 Å². The molecule has 2 heterocycles. The summed E-state index contributed by atoms with van der Waals surface area (Å²) in [5.41, 5.74) is 1.01. The van der Waals surface area contributed by atoms with Crippen LogP contribution in [0.3, 0.4) is 0 Å². The van der Waals surface area contributed by atoms with Gasteiger partial charge in [-0.15, -0.1) is 0 Å². The molecule has 2 aromatic carbocycles. The number of anilines is 2. The second-order valence-electron chi connectivity index (χ2n) is 8.34. The van der Waals surface area contributed by atoms with E-state index in [1.54, 1.807) is 29.2 Å². The van der Waals surface area contributed by atoms with E-state index in [-0.39, 0.29) is 18.1 Å². The number of carbonyl (C=O) groups excluding carboxylic acids is 2. The van der Waals surface area contributed by atoms with Gasteiger partial charge in [0, 0.05) is 38.3 Å². The number of carbonyl (C=O) groups is 2. The zero-order valence-corrected chi connectivity index (χ0v) is 18.7. The second-order valence-corrected chi connectivity index (χ2v) is 8.34. The lowest BCUT2D eigenvalue weighted by atomic mass is 10.1. The van der Waals surface area contributed by atoms with Crippen molar-refractivity contribution in [1.82, 2.24) is 10.2 Å². The molecule has 10 heteroatoms. The Kier molecular flexibility index (Phi) is 7.26. The Labute approximate surface area is 195 Å². The van der Waals surface area contributed by atoms with E-state index in [1.807, 2.05) is 4.90 Å². The number of rotatable bonds is 5. The summed E-state index contributed by atoms with van der Waals surface area (Å²) in [5.74, 6) is -0.0390. The van der Waals surface area contributed by atoms with Crippen LogP contribution in [0.4, 0.5) is 29.3 Å². The quantitative estimate of drug-likeness (QED) is 0.682. The van der Waals surface area contributed by atoms with Gasteiger partial charge in [-0.2, -0.15) is 13.2 Å². The molecule has 7 nitrogen and oxygen atoms in total. The molecule has 3 amide bonds. The summed E-state index contributed by atoms with van der Waals surface area (Å²) in [7, 11) is 0. The molecule has 2 aliphatic rings. The predicted molar refractivity (Wildman–Crippen MR) is 122 cm³/mol. The van der Waals surface area contributed by atoms with E-state index in [1.165, 1.54) is 6.07 Å². The summed E-state index contributed by atoms with van der Waals surface area (Å²) >= 11 is 0. The first-order chi connectivity index (χ1) is 16.3. The number of benzene rings is 2. The number of likely N-dealkylation sites (tertiary alicyclic amines) is 1. The third kappa shape index (κ3) is 5.80. The number of alkyl halides is 3. The number of nitrogens with zero attached hydrogens (tertiary/aromatic N) is 2. The molecule has 2 aromatic rings. The van der Waals surface area contributed by atoms with Crippen molar-refractivity contribution in [3.05, 3.63) is 59.2 Å². The minimum atomic E-state index is -4.53. The van der Waals surface area contributed by atoms with Crippen LogP contribution in [-0.2, 0) is 17.5 Å². The highest BCUT2D eigenvalue weighted by Crippen LogP contribution is 2.35. The van der Waals surface area contributed by atoms with E-state index in [9.17, 15) is 22.8 Å². The zero-order chi connectivity index (χ0) is 24.1. The fraction of sp³-hybridized carbons (Fsp3) is 0.417. The number of morpholine rings is 1. The minimum absolute atomic E-state index is 0.0390. The Balaban J connectivity index is 1.44. The highest BCUT2D eigenvalue weighted by molar-refractivity contribution is 5.95. The molecule has 0 atom stereocenters. The van der Waals surface area contributed by atoms with E-state index in [0.29, 0.717) is 37.6 Å². The van der Waals surface area contributed by atoms with Gasteiger partial charge in [0.1, 0.15) is 0 Å². The van der Waals surface area contributed by atoms with Crippen LogP contribution in [0.15, 0.2) is 42.5 Å². The maximum absolute atomic E-state index is 13.3. The largest absolute Gasteiger partial charge is 0.416 e. The standard InChI is InChI=1S/C24H27F3N4O3/c25-24(26,27)19-6-7-21(30-10-12-34-13-11-30)20(15-19)29-23(33)28-16-17-4-3-5-18(14-17)22(32)31-8-1-2-9-31/h3-7,14-15H,1-2,8-13,16H2,(H2,28,29,33). The van der Waals surface area contributed by atoms with Gasteiger partial charge >= 0.3 is 12.2 Å². The predicted octanol–water partition coefficient (Wildman–Crippen LogP) is 4.10. The molecule has 0 saturated carbocycles. The molecule has 0 aliphatic carbocycles. The first-order valence-electron chi connectivity index (χ1n) is 11.3. The maximum Gasteiger partial charge on any atom is 0.416 e. The Morgan fingerprint density at radius 1 is 0.971 bits per heavy atom. The van der Waals surface area contributed by atoms with E-state index < -0.39 is 17.8 Å². The van der Waals surface area contributed by atoms with Crippen LogP contribution in [0.2, 0.25) is 0 Å². The van der Waals surface area contributed by atoms with E-state index in [2.05, 4.69) is 10.6 Å². The number of hydrogen-bond donors (Lipinski definition) is 2. The molecule has 2 fully saturated rings. The summed E-state index contributed by atoms with van der Waals surface area (Å²) in [5, 5.41) is 5.24.